The fourth-order valence-electron chi connectivity index (χ4n) is 2.48. The Morgan fingerprint density at radius 1 is 1.36 bits per heavy atom. The summed E-state index contributed by atoms with van der Waals surface area (Å²) in [6, 6.07) is 6.78. The van der Waals surface area contributed by atoms with Crippen LogP contribution >= 0.6 is 0 Å². The highest BCUT2D eigenvalue weighted by atomic mass is 16.4. The zero-order chi connectivity index (χ0) is 16.3. The molecule has 0 saturated carbocycles. The van der Waals surface area contributed by atoms with Gasteiger partial charge >= 0.3 is 5.97 Å². The number of aryl methyl sites for hydroxylation is 1. The minimum absolute atomic E-state index is 0.0710. The summed E-state index contributed by atoms with van der Waals surface area (Å²) in [7, 11) is 1.82. The predicted molar refractivity (Wildman–Crippen MR) is 83.4 cm³/mol. The quantitative estimate of drug-likeness (QED) is 0.851. The number of carboxylic acids is 1. The van der Waals surface area contributed by atoms with Crippen molar-refractivity contribution in [1.82, 2.24) is 15.1 Å². The van der Waals surface area contributed by atoms with Crippen LogP contribution in [0, 0.1) is 5.92 Å². The summed E-state index contributed by atoms with van der Waals surface area (Å²) in [5.41, 5.74) is 1.60. The lowest BCUT2D eigenvalue weighted by atomic mass is 9.99. The van der Waals surface area contributed by atoms with Gasteiger partial charge in [0, 0.05) is 12.4 Å². The zero-order valence-electron chi connectivity index (χ0n) is 13.0. The Bertz CT molecular complexity index is 693. The number of para-hydroxylation sites is 1. The lowest BCUT2D eigenvalue weighted by molar-refractivity contribution is -0.143. The van der Waals surface area contributed by atoms with Crippen LogP contribution in [0.3, 0.4) is 0 Å². The van der Waals surface area contributed by atoms with Crippen molar-refractivity contribution < 1.29 is 14.7 Å². The van der Waals surface area contributed by atoms with Crippen molar-refractivity contribution >= 4 is 22.8 Å². The number of carbonyl (C=O) groups is 2. The Hall–Kier alpha value is -2.37. The average molecular weight is 303 g/mol. The van der Waals surface area contributed by atoms with Gasteiger partial charge in [0.25, 0.3) is 0 Å². The number of amides is 1. The van der Waals surface area contributed by atoms with Crippen molar-refractivity contribution in [2.24, 2.45) is 13.0 Å². The van der Waals surface area contributed by atoms with E-state index in [-0.39, 0.29) is 18.2 Å². The molecule has 2 unspecified atom stereocenters. The van der Waals surface area contributed by atoms with Crippen molar-refractivity contribution in [3.05, 3.63) is 30.0 Å². The Labute approximate surface area is 129 Å². The van der Waals surface area contributed by atoms with E-state index in [2.05, 4.69) is 10.4 Å². The van der Waals surface area contributed by atoms with Crippen molar-refractivity contribution in [1.29, 1.82) is 0 Å². The highest BCUT2D eigenvalue weighted by Gasteiger charge is 2.25. The number of aromatic nitrogens is 2. The highest BCUT2D eigenvalue weighted by molar-refractivity contribution is 5.89. The minimum Gasteiger partial charge on any atom is -0.480 e. The molecule has 0 radical (unpaired) electrons. The van der Waals surface area contributed by atoms with Crippen LogP contribution in [0.25, 0.3) is 10.9 Å². The van der Waals surface area contributed by atoms with Crippen LogP contribution in [0.15, 0.2) is 24.3 Å². The molecule has 22 heavy (non-hydrogen) atoms. The summed E-state index contributed by atoms with van der Waals surface area (Å²) in [4.78, 5) is 23.4. The Kier molecular flexibility index (Phi) is 4.80. The molecule has 0 aliphatic rings. The van der Waals surface area contributed by atoms with Crippen LogP contribution in [0.1, 0.15) is 26.0 Å². The van der Waals surface area contributed by atoms with Crippen LogP contribution in [-0.4, -0.2) is 32.8 Å². The number of aliphatic carboxylic acids is 1. The van der Waals surface area contributed by atoms with Crippen molar-refractivity contribution in [2.75, 3.05) is 0 Å². The monoisotopic (exact) mass is 303 g/mol. The van der Waals surface area contributed by atoms with E-state index < -0.39 is 12.0 Å². The topological polar surface area (TPSA) is 84.2 Å². The van der Waals surface area contributed by atoms with Crippen LogP contribution in [-0.2, 0) is 23.1 Å². The molecule has 0 fully saturated rings. The molecule has 1 heterocycles. The lowest BCUT2D eigenvalue weighted by Gasteiger charge is -2.19. The third-order valence-electron chi connectivity index (χ3n) is 3.96. The second kappa shape index (κ2) is 6.60. The van der Waals surface area contributed by atoms with Crippen LogP contribution in [0.2, 0.25) is 0 Å². The van der Waals surface area contributed by atoms with E-state index >= 15 is 0 Å². The summed E-state index contributed by atoms with van der Waals surface area (Å²) in [5, 5.41) is 17.1. The molecule has 0 aliphatic carbocycles. The molecule has 2 aromatic rings. The van der Waals surface area contributed by atoms with E-state index in [4.69, 9.17) is 0 Å². The lowest BCUT2D eigenvalue weighted by Crippen LogP contribution is -2.45. The summed E-state index contributed by atoms with van der Waals surface area (Å²) in [6.45, 7) is 3.72. The summed E-state index contributed by atoms with van der Waals surface area (Å²) in [5.74, 6) is -1.45. The molecular formula is C16H21N3O3. The van der Waals surface area contributed by atoms with E-state index in [0.717, 1.165) is 10.9 Å². The molecular weight excluding hydrogens is 282 g/mol. The van der Waals surface area contributed by atoms with Crippen LogP contribution in [0.5, 0.6) is 0 Å². The number of carboxylic acid groups (broad SMARTS) is 1. The van der Waals surface area contributed by atoms with Gasteiger partial charge in [-0.15, -0.1) is 0 Å². The summed E-state index contributed by atoms with van der Waals surface area (Å²) >= 11 is 0. The van der Waals surface area contributed by atoms with E-state index in [9.17, 15) is 14.7 Å². The summed E-state index contributed by atoms with van der Waals surface area (Å²) < 4.78 is 1.72. The van der Waals surface area contributed by atoms with Crippen molar-refractivity contribution in [2.45, 2.75) is 32.7 Å². The number of rotatable bonds is 6. The first-order valence-electron chi connectivity index (χ1n) is 7.36. The first-order valence-corrected chi connectivity index (χ1v) is 7.36. The average Bonchev–Trinajstić information content (AvgIpc) is 2.80. The zero-order valence-corrected chi connectivity index (χ0v) is 13.0. The largest absolute Gasteiger partial charge is 0.480 e. The number of carbonyl (C=O) groups excluding carboxylic acids is 1. The number of hydrogen-bond donors (Lipinski definition) is 2. The van der Waals surface area contributed by atoms with Gasteiger partial charge in [-0.2, -0.15) is 5.10 Å². The van der Waals surface area contributed by atoms with Gasteiger partial charge in [-0.05, 0) is 12.0 Å². The second-order valence-electron chi connectivity index (χ2n) is 5.53. The maximum Gasteiger partial charge on any atom is 0.326 e. The van der Waals surface area contributed by atoms with Crippen LogP contribution < -0.4 is 5.32 Å². The Morgan fingerprint density at radius 3 is 2.68 bits per heavy atom. The third kappa shape index (κ3) is 3.27. The van der Waals surface area contributed by atoms with Gasteiger partial charge in [-0.25, -0.2) is 4.79 Å². The normalized spacial score (nSPS) is 13.8. The van der Waals surface area contributed by atoms with Crippen LogP contribution in [0.4, 0.5) is 0 Å². The van der Waals surface area contributed by atoms with E-state index in [0.29, 0.717) is 12.1 Å². The van der Waals surface area contributed by atoms with Gasteiger partial charge in [0.05, 0.1) is 17.6 Å². The number of fused-ring (bicyclic) bond motifs is 1. The second-order valence-corrected chi connectivity index (χ2v) is 5.53. The number of hydrogen-bond acceptors (Lipinski definition) is 3. The maximum absolute atomic E-state index is 12.2. The molecule has 1 aromatic carbocycles. The summed E-state index contributed by atoms with van der Waals surface area (Å²) in [6.07, 6.45) is 0.755. The SMILES string of the molecule is CCC(C)C(NC(=O)Cc1nn(C)c2ccccc12)C(=O)O. The van der Waals surface area contributed by atoms with Gasteiger partial charge in [0.15, 0.2) is 0 Å². The van der Waals surface area contributed by atoms with E-state index in [1.807, 2.05) is 45.2 Å². The molecule has 2 atom stereocenters. The van der Waals surface area contributed by atoms with Gasteiger partial charge in [-0.1, -0.05) is 38.5 Å². The molecule has 1 amide bonds. The van der Waals surface area contributed by atoms with E-state index in [1.165, 1.54) is 0 Å². The molecule has 0 spiro atoms. The molecule has 6 nitrogen and oxygen atoms in total. The molecule has 2 N–H and O–H groups in total. The Balaban J connectivity index is 2.15. The molecule has 118 valence electrons. The molecule has 0 aliphatic heterocycles. The maximum atomic E-state index is 12.2. The Morgan fingerprint density at radius 2 is 2.05 bits per heavy atom. The number of benzene rings is 1. The third-order valence-corrected chi connectivity index (χ3v) is 3.96. The number of nitrogens with zero attached hydrogens (tertiary/aromatic N) is 2. The van der Waals surface area contributed by atoms with E-state index in [1.54, 1.807) is 4.68 Å². The molecule has 0 saturated heterocycles. The molecule has 2 rings (SSSR count). The fourth-order valence-corrected chi connectivity index (χ4v) is 2.48. The standard InChI is InChI=1S/C16H21N3O3/c1-4-10(2)15(16(21)22)17-14(20)9-12-11-7-5-6-8-13(11)19(3)18-12/h5-8,10,15H,4,9H2,1-3H3,(H,17,20)(H,21,22). The van der Waals surface area contributed by atoms with Gasteiger partial charge in [0.1, 0.15) is 6.04 Å². The molecule has 6 heteroatoms. The predicted octanol–water partition coefficient (Wildman–Crippen LogP) is 1.73. The highest BCUT2D eigenvalue weighted by Crippen LogP contribution is 2.18. The minimum atomic E-state index is -1.01. The smallest absolute Gasteiger partial charge is 0.326 e. The van der Waals surface area contributed by atoms with Gasteiger partial charge < -0.3 is 10.4 Å². The molecule has 1 aromatic heterocycles. The van der Waals surface area contributed by atoms with Gasteiger partial charge in [-0.3, -0.25) is 9.48 Å². The first-order chi connectivity index (χ1) is 10.4. The first kappa shape index (κ1) is 16.0. The molecule has 0 bridgehead atoms. The fraction of sp³-hybridized carbons (Fsp3) is 0.438. The van der Waals surface area contributed by atoms with Crippen molar-refractivity contribution in [3.8, 4) is 0 Å². The van der Waals surface area contributed by atoms with Crippen molar-refractivity contribution in [3.63, 3.8) is 0 Å². The van der Waals surface area contributed by atoms with Gasteiger partial charge in [0.2, 0.25) is 5.91 Å². The number of nitrogens with one attached hydrogen (secondary N) is 1.